The smallest absolute Gasteiger partial charge is 0.127 e. The predicted molar refractivity (Wildman–Crippen MR) is 78.8 cm³/mol. The monoisotopic (exact) mass is 280 g/mol. The number of nitrogens with zero attached hydrogens (tertiary/aromatic N) is 1. The van der Waals surface area contributed by atoms with Crippen LogP contribution in [-0.4, -0.2) is 35.7 Å². The molecule has 0 bridgehead atoms. The van der Waals surface area contributed by atoms with E-state index >= 15 is 0 Å². The average molecular weight is 280 g/mol. The van der Waals surface area contributed by atoms with Crippen LogP contribution in [0, 0.1) is 11.7 Å². The van der Waals surface area contributed by atoms with E-state index in [1.165, 1.54) is 12.5 Å². The third-order valence-electron chi connectivity index (χ3n) is 4.36. The van der Waals surface area contributed by atoms with Crippen LogP contribution in [0.1, 0.15) is 37.8 Å². The highest BCUT2D eigenvalue weighted by atomic mass is 19.1. The van der Waals surface area contributed by atoms with Gasteiger partial charge in [-0.3, -0.25) is 4.90 Å². The number of rotatable bonds is 5. The molecule has 1 aromatic rings. The molecule has 112 valence electrons. The molecular formula is C16H25FN2O. The van der Waals surface area contributed by atoms with Crippen molar-refractivity contribution in [1.29, 1.82) is 0 Å². The highest BCUT2D eigenvalue weighted by molar-refractivity contribution is 5.21. The Labute approximate surface area is 120 Å². The van der Waals surface area contributed by atoms with Crippen LogP contribution in [0.3, 0.4) is 0 Å². The molecule has 0 spiro atoms. The predicted octanol–water partition coefficient (Wildman–Crippen LogP) is 2.31. The minimum Gasteiger partial charge on any atom is -0.395 e. The molecule has 3 N–H and O–H groups in total. The second kappa shape index (κ2) is 7.16. The lowest BCUT2D eigenvalue weighted by molar-refractivity contribution is 0.0744. The quantitative estimate of drug-likeness (QED) is 0.870. The standard InChI is InChI=1S/C16H25FN2O/c1-12(10-19-9-5-4-6-13(19)11-20)16(18)14-7-2-3-8-15(14)17/h2-3,7-8,12-13,16,20H,4-6,9-11,18H2,1H3. The molecule has 1 heterocycles. The van der Waals surface area contributed by atoms with E-state index in [1.807, 2.05) is 6.07 Å². The van der Waals surface area contributed by atoms with Gasteiger partial charge in [0, 0.05) is 24.2 Å². The molecule has 0 radical (unpaired) electrons. The zero-order chi connectivity index (χ0) is 14.5. The van der Waals surface area contributed by atoms with Gasteiger partial charge in [-0.1, -0.05) is 31.5 Å². The van der Waals surface area contributed by atoms with Crippen molar-refractivity contribution in [3.8, 4) is 0 Å². The Morgan fingerprint density at radius 3 is 2.85 bits per heavy atom. The summed E-state index contributed by atoms with van der Waals surface area (Å²) < 4.78 is 13.8. The van der Waals surface area contributed by atoms with Gasteiger partial charge < -0.3 is 10.8 Å². The van der Waals surface area contributed by atoms with Crippen molar-refractivity contribution < 1.29 is 9.50 Å². The maximum absolute atomic E-state index is 13.8. The number of hydrogen-bond donors (Lipinski definition) is 2. The van der Waals surface area contributed by atoms with Crippen molar-refractivity contribution in [2.45, 2.75) is 38.3 Å². The number of aliphatic hydroxyl groups is 1. The Hall–Kier alpha value is -0.970. The first kappa shape index (κ1) is 15.4. The summed E-state index contributed by atoms with van der Waals surface area (Å²) in [4.78, 5) is 2.30. The molecule has 0 saturated carbocycles. The van der Waals surface area contributed by atoms with Gasteiger partial charge >= 0.3 is 0 Å². The van der Waals surface area contributed by atoms with Gasteiger partial charge in [-0.25, -0.2) is 4.39 Å². The first-order valence-corrected chi connectivity index (χ1v) is 7.48. The second-order valence-electron chi connectivity index (χ2n) is 5.85. The van der Waals surface area contributed by atoms with Crippen LogP contribution >= 0.6 is 0 Å². The van der Waals surface area contributed by atoms with Crippen molar-refractivity contribution in [1.82, 2.24) is 4.90 Å². The van der Waals surface area contributed by atoms with E-state index in [1.54, 1.807) is 12.1 Å². The first-order valence-electron chi connectivity index (χ1n) is 7.48. The molecule has 1 aliphatic rings. The average Bonchev–Trinajstić information content (AvgIpc) is 2.47. The van der Waals surface area contributed by atoms with Gasteiger partial charge in [-0.15, -0.1) is 0 Å². The maximum atomic E-state index is 13.8. The third kappa shape index (κ3) is 3.57. The van der Waals surface area contributed by atoms with Crippen LogP contribution < -0.4 is 5.73 Å². The highest BCUT2D eigenvalue weighted by Gasteiger charge is 2.26. The molecule has 0 amide bonds. The van der Waals surface area contributed by atoms with Crippen molar-refractivity contribution in [2.24, 2.45) is 11.7 Å². The summed E-state index contributed by atoms with van der Waals surface area (Å²) in [6.07, 6.45) is 3.38. The fraction of sp³-hybridized carbons (Fsp3) is 0.625. The fourth-order valence-electron chi connectivity index (χ4n) is 3.04. The minimum absolute atomic E-state index is 0.152. The summed E-state index contributed by atoms with van der Waals surface area (Å²) in [5.74, 6) is -0.0803. The van der Waals surface area contributed by atoms with Gasteiger partial charge in [0.1, 0.15) is 5.82 Å². The number of halogens is 1. The van der Waals surface area contributed by atoms with Gasteiger partial charge in [0.25, 0.3) is 0 Å². The van der Waals surface area contributed by atoms with Gasteiger partial charge in [0.2, 0.25) is 0 Å². The molecule has 20 heavy (non-hydrogen) atoms. The van der Waals surface area contributed by atoms with Gasteiger partial charge in [-0.2, -0.15) is 0 Å². The lowest BCUT2D eigenvalue weighted by Crippen LogP contribution is -2.45. The topological polar surface area (TPSA) is 49.5 Å². The number of nitrogens with two attached hydrogens (primary N) is 1. The number of piperidine rings is 1. The Morgan fingerprint density at radius 1 is 1.40 bits per heavy atom. The van der Waals surface area contributed by atoms with Crippen LogP contribution in [0.25, 0.3) is 0 Å². The summed E-state index contributed by atoms with van der Waals surface area (Å²) in [6.45, 7) is 4.06. The molecule has 3 unspecified atom stereocenters. The molecule has 4 heteroatoms. The van der Waals surface area contributed by atoms with Crippen molar-refractivity contribution in [2.75, 3.05) is 19.7 Å². The number of benzene rings is 1. The first-order chi connectivity index (χ1) is 9.63. The largest absolute Gasteiger partial charge is 0.395 e. The van der Waals surface area contributed by atoms with Crippen LogP contribution in [0.5, 0.6) is 0 Å². The summed E-state index contributed by atoms with van der Waals surface area (Å²) in [6, 6.07) is 6.65. The SMILES string of the molecule is CC(CN1CCCCC1CO)C(N)c1ccccc1F. The summed E-state index contributed by atoms with van der Waals surface area (Å²) >= 11 is 0. The van der Waals surface area contributed by atoms with Crippen LogP contribution in [0.15, 0.2) is 24.3 Å². The zero-order valence-corrected chi connectivity index (χ0v) is 12.1. The Bertz CT molecular complexity index is 427. The molecule has 0 aliphatic carbocycles. The van der Waals surface area contributed by atoms with Crippen LogP contribution in [-0.2, 0) is 0 Å². The van der Waals surface area contributed by atoms with Gasteiger partial charge in [0.05, 0.1) is 6.61 Å². The van der Waals surface area contributed by atoms with Gasteiger partial charge in [0.15, 0.2) is 0 Å². The maximum Gasteiger partial charge on any atom is 0.127 e. The second-order valence-corrected chi connectivity index (χ2v) is 5.85. The van der Waals surface area contributed by atoms with E-state index in [-0.39, 0.29) is 30.4 Å². The Morgan fingerprint density at radius 2 is 2.15 bits per heavy atom. The van der Waals surface area contributed by atoms with Crippen LogP contribution in [0.4, 0.5) is 4.39 Å². The molecule has 0 aromatic heterocycles. The van der Waals surface area contributed by atoms with Crippen molar-refractivity contribution in [3.05, 3.63) is 35.6 Å². The molecule has 1 saturated heterocycles. The van der Waals surface area contributed by atoms with Crippen molar-refractivity contribution in [3.63, 3.8) is 0 Å². The summed E-state index contributed by atoms with van der Waals surface area (Å²) in [7, 11) is 0. The molecule has 3 atom stereocenters. The van der Waals surface area contributed by atoms with E-state index in [0.29, 0.717) is 5.56 Å². The van der Waals surface area contributed by atoms with E-state index < -0.39 is 0 Å². The van der Waals surface area contributed by atoms with E-state index in [2.05, 4.69) is 11.8 Å². The Kier molecular flexibility index (Phi) is 5.52. The number of likely N-dealkylation sites (tertiary alicyclic amines) is 1. The van der Waals surface area contributed by atoms with Crippen molar-refractivity contribution >= 4 is 0 Å². The molecule has 1 fully saturated rings. The highest BCUT2D eigenvalue weighted by Crippen LogP contribution is 2.25. The molecular weight excluding hydrogens is 255 g/mol. The lowest BCUT2D eigenvalue weighted by atomic mass is 9.92. The molecule has 2 rings (SSSR count). The zero-order valence-electron chi connectivity index (χ0n) is 12.1. The number of hydrogen-bond acceptors (Lipinski definition) is 3. The fourth-order valence-corrected chi connectivity index (χ4v) is 3.04. The van der Waals surface area contributed by atoms with E-state index in [4.69, 9.17) is 5.73 Å². The normalized spacial score (nSPS) is 23.5. The number of aliphatic hydroxyl groups excluding tert-OH is 1. The van der Waals surface area contributed by atoms with Crippen LogP contribution in [0.2, 0.25) is 0 Å². The molecule has 3 nitrogen and oxygen atoms in total. The van der Waals surface area contributed by atoms with E-state index in [9.17, 15) is 9.50 Å². The van der Waals surface area contributed by atoms with E-state index in [0.717, 1.165) is 25.9 Å². The minimum atomic E-state index is -0.308. The molecule has 1 aromatic carbocycles. The summed E-state index contributed by atoms with van der Waals surface area (Å²) in [5.41, 5.74) is 6.80. The molecule has 1 aliphatic heterocycles. The summed E-state index contributed by atoms with van der Waals surface area (Å²) in [5, 5.41) is 9.44. The lowest BCUT2D eigenvalue weighted by Gasteiger charge is -2.37. The Balaban J connectivity index is 2.00. The third-order valence-corrected chi connectivity index (χ3v) is 4.36. The van der Waals surface area contributed by atoms with Gasteiger partial charge in [-0.05, 0) is 31.4 Å².